The lowest BCUT2D eigenvalue weighted by Gasteiger charge is -2.16. The van der Waals surface area contributed by atoms with Crippen LogP contribution >= 0.6 is 0 Å². The fraction of sp³-hybridized carbons (Fsp3) is 0.188. The predicted octanol–water partition coefficient (Wildman–Crippen LogP) is 1.66. The summed E-state index contributed by atoms with van der Waals surface area (Å²) in [5.74, 6) is 0.108. The predicted molar refractivity (Wildman–Crippen MR) is 78.4 cm³/mol. The van der Waals surface area contributed by atoms with E-state index in [1.165, 1.54) is 4.68 Å². The number of rotatable bonds is 1. The molecule has 2 aliphatic rings. The number of aryl methyl sites for hydroxylation is 1. The Morgan fingerprint density at radius 2 is 2.09 bits per heavy atom. The van der Waals surface area contributed by atoms with E-state index in [0.717, 1.165) is 16.8 Å². The first kappa shape index (κ1) is 12.8. The third-order valence-electron chi connectivity index (χ3n) is 3.93. The lowest BCUT2D eigenvalue weighted by atomic mass is 10.0. The number of carbonyl (C=O) groups excluding carboxylic acids is 2. The molecular formula is C16H13N3O3. The molecule has 0 radical (unpaired) electrons. The Morgan fingerprint density at radius 3 is 2.86 bits per heavy atom. The number of carbonyl (C=O) groups is 2. The number of hydrogen-bond donors (Lipinski definition) is 1. The number of nitrogens with one attached hydrogen (secondary N) is 1. The van der Waals surface area contributed by atoms with Crippen molar-refractivity contribution in [3.63, 3.8) is 0 Å². The second-order valence-corrected chi connectivity index (χ2v) is 5.44. The third kappa shape index (κ3) is 1.84. The highest BCUT2D eigenvalue weighted by Crippen LogP contribution is 2.31. The first-order valence-electron chi connectivity index (χ1n) is 6.98. The number of anilines is 1. The van der Waals surface area contributed by atoms with Gasteiger partial charge in [0.1, 0.15) is 12.4 Å². The number of benzene rings is 1. The average molecular weight is 295 g/mol. The van der Waals surface area contributed by atoms with Crippen molar-refractivity contribution in [2.45, 2.75) is 13.3 Å². The molecule has 0 saturated heterocycles. The van der Waals surface area contributed by atoms with E-state index < -0.39 is 0 Å². The molecule has 1 N–H and O–H groups in total. The summed E-state index contributed by atoms with van der Waals surface area (Å²) in [7, 11) is 0. The summed E-state index contributed by atoms with van der Waals surface area (Å²) in [6.45, 7) is 2.19. The van der Waals surface area contributed by atoms with Crippen LogP contribution in [-0.2, 0) is 16.0 Å². The summed E-state index contributed by atoms with van der Waals surface area (Å²) < 4.78 is 6.35. The second kappa shape index (κ2) is 4.56. The summed E-state index contributed by atoms with van der Waals surface area (Å²) in [6.07, 6.45) is 2.06. The zero-order chi connectivity index (χ0) is 15.3. The lowest BCUT2D eigenvalue weighted by Crippen LogP contribution is -2.20. The van der Waals surface area contributed by atoms with Gasteiger partial charge in [0, 0.05) is 17.5 Å². The minimum Gasteiger partial charge on any atom is -0.456 e. The summed E-state index contributed by atoms with van der Waals surface area (Å²) >= 11 is 0. The van der Waals surface area contributed by atoms with Crippen molar-refractivity contribution in [3.8, 4) is 0 Å². The highest BCUT2D eigenvalue weighted by atomic mass is 16.5. The number of ether oxygens (including phenoxy) is 1. The van der Waals surface area contributed by atoms with E-state index in [1.54, 1.807) is 18.3 Å². The molecule has 1 aromatic carbocycles. The number of hydrogen-bond acceptors (Lipinski definition) is 5. The molecule has 4 rings (SSSR count). The molecule has 0 atom stereocenters. The van der Waals surface area contributed by atoms with E-state index in [0.29, 0.717) is 23.4 Å². The monoisotopic (exact) mass is 295 g/mol. The third-order valence-corrected chi connectivity index (χ3v) is 3.93. The molecule has 0 spiro atoms. The van der Waals surface area contributed by atoms with E-state index >= 15 is 0 Å². The molecule has 3 heterocycles. The van der Waals surface area contributed by atoms with E-state index in [1.807, 2.05) is 19.1 Å². The van der Waals surface area contributed by atoms with Crippen LogP contribution in [0.4, 0.5) is 5.82 Å². The van der Waals surface area contributed by atoms with E-state index in [9.17, 15) is 9.59 Å². The van der Waals surface area contributed by atoms with E-state index in [-0.39, 0.29) is 18.5 Å². The molecule has 22 heavy (non-hydrogen) atoms. The van der Waals surface area contributed by atoms with Gasteiger partial charge in [-0.15, -0.1) is 0 Å². The molecule has 0 bridgehead atoms. The van der Waals surface area contributed by atoms with Crippen LogP contribution < -0.4 is 5.32 Å². The molecule has 0 aliphatic carbocycles. The second-order valence-electron chi connectivity index (χ2n) is 5.44. The van der Waals surface area contributed by atoms with Crippen LogP contribution in [0.25, 0.3) is 0 Å². The normalized spacial score (nSPS) is 16.0. The fourth-order valence-corrected chi connectivity index (χ4v) is 2.68. The van der Waals surface area contributed by atoms with Crippen LogP contribution in [0.5, 0.6) is 0 Å². The maximum absolute atomic E-state index is 12.6. The summed E-state index contributed by atoms with van der Waals surface area (Å²) in [6, 6.07) is 7.34. The lowest BCUT2D eigenvalue weighted by molar-refractivity contribution is -0.136. The van der Waals surface area contributed by atoms with Crippen LogP contribution in [0.1, 0.15) is 21.5 Å². The highest BCUT2D eigenvalue weighted by molar-refractivity contribution is 5.99. The van der Waals surface area contributed by atoms with Crippen molar-refractivity contribution in [3.05, 3.63) is 58.4 Å². The standard InChI is InChI=1S/C16H13N3O3/c1-9-2-4-10(5-3-9)15(20)19-14-11(7-17-19)6-12-13(18-14)8-22-16(12)21/h2-5,7,18H,6,8H2,1H3. The van der Waals surface area contributed by atoms with Gasteiger partial charge in [0.2, 0.25) is 0 Å². The van der Waals surface area contributed by atoms with Gasteiger partial charge in [-0.2, -0.15) is 9.78 Å². The fourth-order valence-electron chi connectivity index (χ4n) is 2.68. The zero-order valence-electron chi connectivity index (χ0n) is 11.9. The molecular weight excluding hydrogens is 282 g/mol. The van der Waals surface area contributed by atoms with Gasteiger partial charge in [-0.05, 0) is 19.1 Å². The Morgan fingerprint density at radius 1 is 1.32 bits per heavy atom. The first-order chi connectivity index (χ1) is 10.6. The largest absolute Gasteiger partial charge is 0.456 e. The molecule has 2 aliphatic heterocycles. The zero-order valence-corrected chi connectivity index (χ0v) is 11.9. The Kier molecular flexibility index (Phi) is 2.66. The molecule has 0 amide bonds. The number of fused-ring (bicyclic) bond motifs is 1. The van der Waals surface area contributed by atoms with Crippen molar-refractivity contribution in [2.75, 3.05) is 11.9 Å². The quantitative estimate of drug-likeness (QED) is 0.810. The Labute approximate surface area is 126 Å². The number of aromatic nitrogens is 2. The molecule has 6 nitrogen and oxygen atoms in total. The van der Waals surface area contributed by atoms with Crippen molar-refractivity contribution in [2.24, 2.45) is 0 Å². The van der Waals surface area contributed by atoms with Gasteiger partial charge in [0.05, 0.1) is 17.5 Å². The van der Waals surface area contributed by atoms with Crippen molar-refractivity contribution >= 4 is 17.7 Å². The maximum Gasteiger partial charge on any atom is 0.336 e. The van der Waals surface area contributed by atoms with E-state index in [2.05, 4.69) is 10.4 Å². The maximum atomic E-state index is 12.6. The van der Waals surface area contributed by atoms with Crippen LogP contribution in [0, 0.1) is 6.92 Å². The minimum atomic E-state index is -0.300. The van der Waals surface area contributed by atoms with Crippen molar-refractivity contribution in [1.82, 2.24) is 9.78 Å². The molecule has 0 saturated carbocycles. The number of nitrogens with zero attached hydrogens (tertiary/aromatic N) is 2. The molecule has 6 heteroatoms. The Hall–Kier alpha value is -2.89. The van der Waals surface area contributed by atoms with E-state index in [4.69, 9.17) is 4.74 Å². The molecule has 1 aromatic heterocycles. The van der Waals surface area contributed by atoms with Gasteiger partial charge >= 0.3 is 5.97 Å². The summed E-state index contributed by atoms with van der Waals surface area (Å²) in [4.78, 5) is 24.2. The van der Waals surface area contributed by atoms with Gasteiger partial charge in [-0.25, -0.2) is 4.79 Å². The number of esters is 1. The molecule has 0 unspecified atom stereocenters. The topological polar surface area (TPSA) is 73.2 Å². The van der Waals surface area contributed by atoms with Gasteiger partial charge < -0.3 is 10.1 Å². The van der Waals surface area contributed by atoms with Gasteiger partial charge in [0.15, 0.2) is 0 Å². The minimum absolute atomic E-state index is 0.206. The van der Waals surface area contributed by atoms with Crippen LogP contribution in [-0.4, -0.2) is 28.3 Å². The van der Waals surface area contributed by atoms with Crippen molar-refractivity contribution in [1.29, 1.82) is 0 Å². The van der Waals surface area contributed by atoms with Crippen molar-refractivity contribution < 1.29 is 14.3 Å². The smallest absolute Gasteiger partial charge is 0.336 e. The SMILES string of the molecule is Cc1ccc(C(=O)n2ncc3c2NC2=C(C3)C(=O)OC2)cc1. The van der Waals surface area contributed by atoms with Gasteiger partial charge in [0.25, 0.3) is 5.91 Å². The van der Waals surface area contributed by atoms with Gasteiger partial charge in [-0.1, -0.05) is 17.7 Å². The number of cyclic esters (lactones) is 1. The molecule has 0 fully saturated rings. The van der Waals surface area contributed by atoms with Crippen LogP contribution in [0.2, 0.25) is 0 Å². The van der Waals surface area contributed by atoms with Crippen LogP contribution in [0.15, 0.2) is 41.7 Å². The average Bonchev–Trinajstić information content (AvgIpc) is 3.09. The first-order valence-corrected chi connectivity index (χ1v) is 6.98. The Bertz CT molecular complexity index is 831. The summed E-state index contributed by atoms with van der Waals surface area (Å²) in [5.41, 5.74) is 3.81. The summed E-state index contributed by atoms with van der Waals surface area (Å²) in [5, 5.41) is 7.29. The molecule has 2 aromatic rings. The Balaban J connectivity index is 1.70. The molecule has 110 valence electrons. The highest BCUT2D eigenvalue weighted by Gasteiger charge is 2.32. The van der Waals surface area contributed by atoms with Crippen LogP contribution in [0.3, 0.4) is 0 Å². The van der Waals surface area contributed by atoms with Gasteiger partial charge in [-0.3, -0.25) is 4.79 Å².